The Kier molecular flexibility index (Phi) is 6.54. The third-order valence-electron chi connectivity index (χ3n) is 4.43. The Morgan fingerprint density at radius 2 is 1.69 bits per heavy atom. The van der Waals surface area contributed by atoms with Gasteiger partial charge in [-0.05, 0) is 42.6 Å². The molecule has 0 radical (unpaired) electrons. The zero-order chi connectivity index (χ0) is 19.6. The Hall–Kier alpha value is -0.953. The first kappa shape index (κ1) is 21.3. The van der Waals surface area contributed by atoms with Crippen LogP contribution >= 0.6 is 15.9 Å². The first-order valence-electron chi connectivity index (χ1n) is 8.64. The standard InChI is InChI=1S/C20H27BrO3SSi/c1-16-7-6-8-19(13-16)26(4,5)15-20(2,3)14-24-25(22,23)18-11-9-17(21)10-12-18/h6-13H,14-15H2,1-5H3. The van der Waals surface area contributed by atoms with Crippen LogP contribution in [-0.4, -0.2) is 23.1 Å². The van der Waals surface area contributed by atoms with Crippen molar-refractivity contribution in [2.75, 3.05) is 6.61 Å². The second kappa shape index (κ2) is 7.96. The highest BCUT2D eigenvalue weighted by Gasteiger charge is 2.33. The first-order chi connectivity index (χ1) is 11.9. The van der Waals surface area contributed by atoms with Gasteiger partial charge in [0.1, 0.15) is 0 Å². The summed E-state index contributed by atoms with van der Waals surface area (Å²) in [6.07, 6.45) is 0. The van der Waals surface area contributed by atoms with Crippen molar-refractivity contribution in [3.05, 3.63) is 58.6 Å². The maximum absolute atomic E-state index is 12.4. The molecule has 2 aromatic carbocycles. The molecule has 2 rings (SSSR count). The van der Waals surface area contributed by atoms with E-state index in [0.29, 0.717) is 0 Å². The van der Waals surface area contributed by atoms with Crippen LogP contribution < -0.4 is 5.19 Å². The molecule has 0 saturated heterocycles. The number of halogens is 1. The van der Waals surface area contributed by atoms with E-state index in [9.17, 15) is 8.42 Å². The number of aryl methyl sites for hydroxylation is 1. The minimum Gasteiger partial charge on any atom is -0.266 e. The van der Waals surface area contributed by atoms with Gasteiger partial charge in [-0.25, -0.2) is 0 Å². The van der Waals surface area contributed by atoms with E-state index in [1.54, 1.807) is 24.3 Å². The smallest absolute Gasteiger partial charge is 0.266 e. The molecule has 0 amide bonds. The molecule has 0 saturated carbocycles. The molecule has 0 heterocycles. The van der Waals surface area contributed by atoms with Crippen LogP contribution in [-0.2, 0) is 14.3 Å². The molecule has 0 aliphatic heterocycles. The highest BCUT2D eigenvalue weighted by molar-refractivity contribution is 9.10. The van der Waals surface area contributed by atoms with Crippen molar-refractivity contribution < 1.29 is 12.6 Å². The van der Waals surface area contributed by atoms with Crippen LogP contribution in [0.2, 0.25) is 19.1 Å². The van der Waals surface area contributed by atoms with Gasteiger partial charge < -0.3 is 0 Å². The van der Waals surface area contributed by atoms with Crippen LogP contribution in [0.25, 0.3) is 0 Å². The predicted molar refractivity (Wildman–Crippen MR) is 114 cm³/mol. The normalized spacial score (nSPS) is 13.0. The molecule has 2 aromatic rings. The molecule has 0 fully saturated rings. The average Bonchev–Trinajstić information content (AvgIpc) is 2.53. The summed E-state index contributed by atoms with van der Waals surface area (Å²) >= 11 is 3.31. The molecular weight excluding hydrogens is 428 g/mol. The van der Waals surface area contributed by atoms with Crippen molar-refractivity contribution in [1.82, 2.24) is 0 Å². The lowest BCUT2D eigenvalue weighted by Crippen LogP contribution is -2.45. The predicted octanol–water partition coefficient (Wildman–Crippen LogP) is 5.10. The van der Waals surface area contributed by atoms with Crippen LogP contribution in [0.1, 0.15) is 19.4 Å². The minimum atomic E-state index is -3.74. The van der Waals surface area contributed by atoms with E-state index in [2.05, 4.69) is 74.1 Å². The summed E-state index contributed by atoms with van der Waals surface area (Å²) in [6, 6.07) is 16.1. The van der Waals surface area contributed by atoms with Gasteiger partial charge in [-0.3, -0.25) is 4.18 Å². The fraction of sp³-hybridized carbons (Fsp3) is 0.400. The Labute approximate surface area is 167 Å². The van der Waals surface area contributed by atoms with Gasteiger partial charge in [0, 0.05) is 4.47 Å². The fourth-order valence-electron chi connectivity index (χ4n) is 3.32. The van der Waals surface area contributed by atoms with Gasteiger partial charge in [0.15, 0.2) is 0 Å². The zero-order valence-electron chi connectivity index (χ0n) is 16.0. The molecule has 0 aromatic heterocycles. The molecule has 0 bridgehead atoms. The molecule has 26 heavy (non-hydrogen) atoms. The minimum absolute atomic E-state index is 0.174. The maximum atomic E-state index is 12.4. The average molecular weight is 455 g/mol. The molecule has 0 N–H and O–H groups in total. The molecule has 6 heteroatoms. The van der Waals surface area contributed by atoms with Crippen LogP contribution in [0, 0.1) is 12.3 Å². The van der Waals surface area contributed by atoms with Gasteiger partial charge in [0.05, 0.1) is 19.6 Å². The largest absolute Gasteiger partial charge is 0.296 e. The van der Waals surface area contributed by atoms with Crippen molar-refractivity contribution in [1.29, 1.82) is 0 Å². The highest BCUT2D eigenvalue weighted by Crippen LogP contribution is 2.30. The van der Waals surface area contributed by atoms with Crippen LogP contribution in [0.5, 0.6) is 0 Å². The van der Waals surface area contributed by atoms with Crippen molar-refractivity contribution in [2.45, 2.75) is 44.8 Å². The summed E-state index contributed by atoms with van der Waals surface area (Å²) in [4.78, 5) is 0.187. The quantitative estimate of drug-likeness (QED) is 0.431. The topological polar surface area (TPSA) is 43.4 Å². The number of hydrogen-bond acceptors (Lipinski definition) is 3. The molecule has 0 spiro atoms. The van der Waals surface area contributed by atoms with E-state index < -0.39 is 18.2 Å². The van der Waals surface area contributed by atoms with Crippen molar-refractivity contribution in [3.8, 4) is 0 Å². The van der Waals surface area contributed by atoms with E-state index in [-0.39, 0.29) is 16.9 Å². The summed E-state index contributed by atoms with van der Waals surface area (Å²) in [5.41, 5.74) is 1.02. The van der Waals surface area contributed by atoms with Gasteiger partial charge >= 0.3 is 0 Å². The van der Waals surface area contributed by atoms with Gasteiger partial charge in [-0.15, -0.1) is 0 Å². The van der Waals surface area contributed by atoms with Crippen molar-refractivity contribution in [2.24, 2.45) is 5.41 Å². The van der Waals surface area contributed by atoms with Crippen molar-refractivity contribution in [3.63, 3.8) is 0 Å². The molecule has 0 unspecified atom stereocenters. The van der Waals surface area contributed by atoms with E-state index in [1.165, 1.54) is 10.8 Å². The molecule has 142 valence electrons. The lowest BCUT2D eigenvalue weighted by Gasteiger charge is -2.33. The summed E-state index contributed by atoms with van der Waals surface area (Å²) in [6.45, 7) is 11.1. The maximum Gasteiger partial charge on any atom is 0.296 e. The van der Waals surface area contributed by atoms with Crippen LogP contribution in [0.4, 0.5) is 0 Å². The molecule has 0 aliphatic rings. The lowest BCUT2D eigenvalue weighted by molar-refractivity contribution is 0.202. The lowest BCUT2D eigenvalue weighted by atomic mass is 9.98. The van der Waals surface area contributed by atoms with Gasteiger partial charge in [0.2, 0.25) is 0 Å². The first-order valence-corrected chi connectivity index (χ1v) is 14.0. The molecule has 0 atom stereocenters. The number of benzene rings is 2. The van der Waals surface area contributed by atoms with Gasteiger partial charge in [-0.2, -0.15) is 8.42 Å². The van der Waals surface area contributed by atoms with Crippen LogP contribution in [0.15, 0.2) is 57.9 Å². The summed E-state index contributed by atoms with van der Waals surface area (Å²) in [5, 5.41) is 1.39. The second-order valence-electron chi connectivity index (χ2n) is 8.26. The molecule has 0 aliphatic carbocycles. The van der Waals surface area contributed by atoms with E-state index >= 15 is 0 Å². The highest BCUT2D eigenvalue weighted by atomic mass is 79.9. The Bertz CT molecular complexity index is 859. The van der Waals surface area contributed by atoms with Gasteiger partial charge in [0.25, 0.3) is 10.1 Å². The summed E-state index contributed by atoms with van der Waals surface area (Å²) < 4.78 is 31.1. The number of hydrogen-bond donors (Lipinski definition) is 0. The second-order valence-corrected chi connectivity index (χ2v) is 15.5. The third kappa shape index (κ3) is 5.77. The Morgan fingerprint density at radius 3 is 2.27 bits per heavy atom. The van der Waals surface area contributed by atoms with E-state index in [4.69, 9.17) is 4.18 Å². The van der Waals surface area contributed by atoms with E-state index in [1.807, 2.05) is 0 Å². The Morgan fingerprint density at radius 1 is 1.08 bits per heavy atom. The van der Waals surface area contributed by atoms with E-state index in [0.717, 1.165) is 10.5 Å². The SMILES string of the molecule is Cc1cccc([Si](C)(C)CC(C)(C)COS(=O)(=O)c2ccc(Br)cc2)c1. The zero-order valence-corrected chi connectivity index (χ0v) is 19.4. The van der Waals surface area contributed by atoms with Gasteiger partial charge in [-0.1, -0.05) is 77.9 Å². The number of rotatable bonds is 7. The molecular formula is C20H27BrO3SSi. The van der Waals surface area contributed by atoms with Crippen LogP contribution in [0.3, 0.4) is 0 Å². The van der Waals surface area contributed by atoms with Crippen molar-refractivity contribution >= 4 is 39.3 Å². The summed E-state index contributed by atoms with van der Waals surface area (Å²) in [5.74, 6) is 0. The summed E-state index contributed by atoms with van der Waals surface area (Å²) in [7, 11) is -5.45. The molecule has 3 nitrogen and oxygen atoms in total. The monoisotopic (exact) mass is 454 g/mol. The Balaban J connectivity index is 2.09. The third-order valence-corrected chi connectivity index (χ3v) is 9.95. The fourth-order valence-corrected chi connectivity index (χ4v) is 8.53.